The Morgan fingerprint density at radius 1 is 1.08 bits per heavy atom. The second-order valence-corrected chi connectivity index (χ2v) is 7.55. The maximum absolute atomic E-state index is 11.8. The van der Waals surface area contributed by atoms with Crippen molar-refractivity contribution in [2.24, 2.45) is 0 Å². The number of thiocarbonyl (C=S) groups is 1. The summed E-state index contributed by atoms with van der Waals surface area (Å²) in [5, 5.41) is 3.29. The van der Waals surface area contributed by atoms with Crippen LogP contribution in [0.15, 0.2) is 53.4 Å². The number of carbonyl (C=O) groups excluding carboxylic acids is 1. The van der Waals surface area contributed by atoms with Crippen LogP contribution >= 0.6 is 35.6 Å². The van der Waals surface area contributed by atoms with Gasteiger partial charge >= 0.3 is 0 Å². The third-order valence-electron chi connectivity index (χ3n) is 3.48. The number of nitrogens with one attached hydrogen (secondary N) is 1. The molecule has 7 heteroatoms. The van der Waals surface area contributed by atoms with Gasteiger partial charge in [-0.25, -0.2) is 0 Å². The Kier molecular flexibility index (Phi) is 6.55. The second-order valence-electron chi connectivity index (χ2n) is 5.39. The summed E-state index contributed by atoms with van der Waals surface area (Å²) >= 11 is 12.1. The molecule has 1 N–H and O–H groups in total. The van der Waals surface area contributed by atoms with Crippen molar-refractivity contribution in [3.05, 3.63) is 64.0 Å². The third-order valence-corrected chi connectivity index (χ3v) is 4.89. The molecule has 1 saturated heterocycles. The summed E-state index contributed by atoms with van der Waals surface area (Å²) < 4.78 is 12.0. The van der Waals surface area contributed by atoms with Crippen molar-refractivity contribution < 1.29 is 14.3 Å². The molecule has 2 aromatic rings. The first-order valence-corrected chi connectivity index (χ1v) is 9.57. The molecule has 0 aromatic heterocycles. The number of ether oxygens (including phenoxy) is 2. The van der Waals surface area contributed by atoms with Crippen LogP contribution < -0.4 is 14.8 Å². The van der Waals surface area contributed by atoms with Gasteiger partial charge in [-0.2, -0.15) is 0 Å². The molecule has 0 atom stereocenters. The molecule has 1 aliphatic heterocycles. The molecule has 1 heterocycles. The molecule has 2 aromatic carbocycles. The lowest BCUT2D eigenvalue weighted by molar-refractivity contribution is -0.115. The first-order chi connectivity index (χ1) is 12.6. The van der Waals surface area contributed by atoms with Gasteiger partial charge in [-0.05, 0) is 36.4 Å². The van der Waals surface area contributed by atoms with Crippen molar-refractivity contribution in [2.45, 2.75) is 6.42 Å². The molecule has 0 spiro atoms. The largest absolute Gasteiger partial charge is 0.493 e. The quantitative estimate of drug-likeness (QED) is 0.412. The first kappa shape index (κ1) is 18.8. The summed E-state index contributed by atoms with van der Waals surface area (Å²) in [6.07, 6.45) is 2.52. The average molecular weight is 406 g/mol. The number of rotatable bonds is 7. The highest BCUT2D eigenvalue weighted by Gasteiger charge is 2.22. The molecule has 134 valence electrons. The minimum Gasteiger partial charge on any atom is -0.493 e. The molecule has 0 unspecified atom stereocenters. The van der Waals surface area contributed by atoms with Gasteiger partial charge in [-0.3, -0.25) is 4.79 Å². The van der Waals surface area contributed by atoms with Crippen molar-refractivity contribution in [2.75, 3.05) is 13.2 Å². The summed E-state index contributed by atoms with van der Waals surface area (Å²) in [6, 6.07) is 14.8. The number of hydrogen-bond acceptors (Lipinski definition) is 5. The lowest BCUT2D eigenvalue weighted by Crippen LogP contribution is -2.17. The Balaban J connectivity index is 1.52. The van der Waals surface area contributed by atoms with E-state index in [-0.39, 0.29) is 5.91 Å². The summed E-state index contributed by atoms with van der Waals surface area (Å²) in [7, 11) is 0. The van der Waals surface area contributed by atoms with Crippen LogP contribution in [0.1, 0.15) is 12.0 Å². The first-order valence-electron chi connectivity index (χ1n) is 7.97. The molecule has 0 radical (unpaired) electrons. The maximum atomic E-state index is 11.8. The van der Waals surface area contributed by atoms with E-state index in [1.54, 1.807) is 18.2 Å². The monoisotopic (exact) mass is 405 g/mol. The van der Waals surface area contributed by atoms with Crippen LogP contribution in [-0.4, -0.2) is 23.4 Å². The van der Waals surface area contributed by atoms with Gasteiger partial charge in [0.05, 0.1) is 18.1 Å². The smallest absolute Gasteiger partial charge is 0.263 e. The summed E-state index contributed by atoms with van der Waals surface area (Å²) in [5.74, 6) is 1.32. The van der Waals surface area contributed by atoms with Gasteiger partial charge in [0, 0.05) is 17.0 Å². The molecule has 0 aliphatic carbocycles. The Hall–Kier alpha value is -2.02. The maximum Gasteiger partial charge on any atom is 0.263 e. The topological polar surface area (TPSA) is 47.6 Å². The van der Waals surface area contributed by atoms with E-state index >= 15 is 0 Å². The summed E-state index contributed by atoms with van der Waals surface area (Å²) in [4.78, 5) is 12.4. The Morgan fingerprint density at radius 2 is 1.81 bits per heavy atom. The lowest BCUT2D eigenvalue weighted by Gasteiger charge is -2.10. The number of para-hydroxylation sites is 1. The second kappa shape index (κ2) is 9.07. The van der Waals surface area contributed by atoms with Crippen LogP contribution in [0.2, 0.25) is 5.02 Å². The van der Waals surface area contributed by atoms with Crippen molar-refractivity contribution in [1.82, 2.24) is 5.32 Å². The fourth-order valence-corrected chi connectivity index (χ4v) is 3.42. The minimum atomic E-state index is -0.175. The SMILES string of the molecule is O=C1NC(=S)S/C1=C/c1ccccc1OCCCOc1ccc(Cl)cc1. The minimum absolute atomic E-state index is 0.175. The Morgan fingerprint density at radius 3 is 2.54 bits per heavy atom. The van der Waals surface area contributed by atoms with Crippen LogP contribution in [0.25, 0.3) is 6.08 Å². The Labute approximate surface area is 166 Å². The van der Waals surface area contributed by atoms with Crippen molar-refractivity contribution in [3.63, 3.8) is 0 Å². The molecule has 0 bridgehead atoms. The number of benzene rings is 2. The highest BCUT2D eigenvalue weighted by Crippen LogP contribution is 2.29. The standard InChI is InChI=1S/C19H16ClNO3S2/c20-14-6-8-15(9-7-14)23-10-3-11-24-16-5-2-1-4-13(16)12-17-18(22)21-19(25)26-17/h1-2,4-9,12H,3,10-11H2,(H,21,22,25)/b17-12+. The van der Waals surface area contributed by atoms with E-state index in [0.29, 0.717) is 27.5 Å². The summed E-state index contributed by atoms with van der Waals surface area (Å²) in [5.41, 5.74) is 0.841. The van der Waals surface area contributed by atoms with Crippen molar-refractivity contribution in [1.29, 1.82) is 0 Å². The van der Waals surface area contributed by atoms with Gasteiger partial charge in [0.25, 0.3) is 5.91 Å². The van der Waals surface area contributed by atoms with Crippen LogP contribution in [0, 0.1) is 0 Å². The predicted octanol–water partition coefficient (Wildman–Crippen LogP) is 4.68. The van der Waals surface area contributed by atoms with E-state index in [2.05, 4.69) is 5.32 Å². The zero-order chi connectivity index (χ0) is 18.4. The van der Waals surface area contributed by atoms with E-state index in [1.807, 2.05) is 36.4 Å². The van der Waals surface area contributed by atoms with Gasteiger partial charge in [0.15, 0.2) is 0 Å². The average Bonchev–Trinajstić information content (AvgIpc) is 2.95. The Bertz CT molecular complexity index is 837. The van der Waals surface area contributed by atoms with Crippen LogP contribution in [0.3, 0.4) is 0 Å². The number of carbonyl (C=O) groups is 1. The molecule has 1 aliphatic rings. The van der Waals surface area contributed by atoms with Gasteiger partial charge in [0.2, 0.25) is 0 Å². The molecule has 0 saturated carbocycles. The molecule has 1 fully saturated rings. The zero-order valence-corrected chi connectivity index (χ0v) is 16.1. The van der Waals surface area contributed by atoms with E-state index in [4.69, 9.17) is 33.3 Å². The molecular formula is C19H16ClNO3S2. The van der Waals surface area contributed by atoms with E-state index < -0.39 is 0 Å². The molecule has 3 rings (SSSR count). The van der Waals surface area contributed by atoms with E-state index in [1.165, 1.54) is 11.8 Å². The number of thioether (sulfide) groups is 1. The summed E-state index contributed by atoms with van der Waals surface area (Å²) in [6.45, 7) is 1.04. The lowest BCUT2D eigenvalue weighted by atomic mass is 10.2. The normalized spacial score (nSPS) is 15.2. The number of halogens is 1. The van der Waals surface area contributed by atoms with Gasteiger partial charge < -0.3 is 14.8 Å². The fourth-order valence-electron chi connectivity index (χ4n) is 2.26. The van der Waals surface area contributed by atoms with Gasteiger partial charge in [0.1, 0.15) is 15.8 Å². The number of hydrogen-bond donors (Lipinski definition) is 1. The molecule has 1 amide bonds. The van der Waals surface area contributed by atoms with Gasteiger partial charge in [-0.1, -0.05) is 53.8 Å². The fraction of sp³-hybridized carbons (Fsp3) is 0.158. The van der Waals surface area contributed by atoms with Crippen LogP contribution in [0.5, 0.6) is 11.5 Å². The van der Waals surface area contributed by atoms with E-state index in [9.17, 15) is 4.79 Å². The van der Waals surface area contributed by atoms with E-state index in [0.717, 1.165) is 23.5 Å². The molecular weight excluding hydrogens is 390 g/mol. The highest BCUT2D eigenvalue weighted by molar-refractivity contribution is 8.26. The van der Waals surface area contributed by atoms with Crippen molar-refractivity contribution >= 4 is 51.9 Å². The van der Waals surface area contributed by atoms with Crippen LogP contribution in [-0.2, 0) is 4.79 Å². The third kappa shape index (κ3) is 5.24. The molecule has 26 heavy (non-hydrogen) atoms. The van der Waals surface area contributed by atoms with Crippen LogP contribution in [0.4, 0.5) is 0 Å². The zero-order valence-electron chi connectivity index (χ0n) is 13.7. The number of amides is 1. The van der Waals surface area contributed by atoms with Gasteiger partial charge in [-0.15, -0.1) is 0 Å². The predicted molar refractivity (Wildman–Crippen MR) is 110 cm³/mol. The molecule has 4 nitrogen and oxygen atoms in total. The van der Waals surface area contributed by atoms with Crippen molar-refractivity contribution in [3.8, 4) is 11.5 Å². The highest BCUT2D eigenvalue weighted by atomic mass is 35.5.